The Morgan fingerprint density at radius 2 is 1.46 bits per heavy atom. The number of aromatic nitrogens is 2. The van der Waals surface area contributed by atoms with E-state index in [1.807, 2.05) is 56.9 Å². The minimum absolute atomic E-state index is 0.0162. The monoisotopic (exact) mass is 884 g/mol. The van der Waals surface area contributed by atoms with Gasteiger partial charge in [0, 0.05) is 34.9 Å². The van der Waals surface area contributed by atoms with Crippen LogP contribution >= 0.6 is 0 Å². The van der Waals surface area contributed by atoms with Gasteiger partial charge in [0.1, 0.15) is 5.82 Å². The molecule has 12 nitrogen and oxygen atoms in total. The van der Waals surface area contributed by atoms with E-state index in [9.17, 15) is 19.2 Å². The summed E-state index contributed by atoms with van der Waals surface area (Å²) < 4.78 is 43.1. The number of hydrogen-bond acceptors (Lipinski definition) is 8. The molecular weight excluding hydrogens is 831 g/mol. The molecule has 4 aromatic rings. The van der Waals surface area contributed by atoms with Crippen molar-refractivity contribution >= 4 is 35.2 Å². The number of ether oxygens (including phenoxy) is 2. The van der Waals surface area contributed by atoms with Gasteiger partial charge >= 0.3 is 11.9 Å². The number of hydrogen-bond donors (Lipinski definition) is 1. The number of rotatable bonds is 12. The summed E-state index contributed by atoms with van der Waals surface area (Å²) in [6.45, 7) is 15.6. The Hall–Kier alpha value is -6.23. The predicted molar refractivity (Wildman–Crippen MR) is 240 cm³/mol. The second-order valence-corrected chi connectivity index (χ2v) is 19.1. The van der Waals surface area contributed by atoms with Crippen molar-refractivity contribution in [3.8, 4) is 33.5 Å². The number of halogens is 2. The van der Waals surface area contributed by atoms with Crippen molar-refractivity contribution in [1.29, 1.82) is 0 Å². The summed E-state index contributed by atoms with van der Waals surface area (Å²) in [7, 11) is 2.63. The van der Waals surface area contributed by atoms with Crippen molar-refractivity contribution in [2.75, 3.05) is 20.8 Å². The summed E-state index contributed by atoms with van der Waals surface area (Å²) >= 11 is 0. The van der Waals surface area contributed by atoms with Crippen LogP contribution in [0.5, 0.6) is 0 Å². The quantitative estimate of drug-likeness (QED) is 0.111. The second-order valence-electron chi connectivity index (χ2n) is 19.1. The van der Waals surface area contributed by atoms with Gasteiger partial charge in [0.2, 0.25) is 17.9 Å². The van der Waals surface area contributed by atoms with E-state index in [-0.39, 0.29) is 66.2 Å². The first kappa shape index (κ1) is 44.0. The molecule has 3 fully saturated rings. The van der Waals surface area contributed by atoms with E-state index < -0.39 is 41.8 Å². The van der Waals surface area contributed by atoms with Gasteiger partial charge in [0.15, 0.2) is 0 Å². The molecule has 4 heterocycles. The summed E-state index contributed by atoms with van der Waals surface area (Å²) in [4.78, 5) is 72.8. The predicted octanol–water partition coefficient (Wildman–Crippen LogP) is 9.10. The molecule has 14 heteroatoms. The largest absolute Gasteiger partial charge is 0.469 e. The number of piperidine rings is 1. The molecule has 1 N–H and O–H groups in total. The van der Waals surface area contributed by atoms with E-state index in [2.05, 4.69) is 14.8 Å². The Morgan fingerprint density at radius 3 is 2.11 bits per heavy atom. The fraction of sp³-hybridized carbons (Fsp3) is 0.471. The summed E-state index contributed by atoms with van der Waals surface area (Å²) in [6.07, 6.45) is 5.31. The highest BCUT2D eigenvalue weighted by Gasteiger charge is 2.52. The number of alkyl halides is 2. The zero-order chi connectivity index (χ0) is 46.1. The Balaban J connectivity index is 0.933. The average molecular weight is 885 g/mol. The molecule has 2 bridgehead atoms. The molecule has 9 rings (SSSR count). The van der Waals surface area contributed by atoms with Crippen LogP contribution in [0.15, 0.2) is 65.8 Å². The number of carbonyl (C=O) groups is 4. The molecular formula is C51H54F2N6O6. The van der Waals surface area contributed by atoms with Crippen LogP contribution in [0.2, 0.25) is 0 Å². The maximum Gasteiger partial charge on any atom is 0.306 e. The number of carbonyl (C=O) groups excluding carboxylic acids is 4. The van der Waals surface area contributed by atoms with Crippen molar-refractivity contribution in [3.63, 3.8) is 0 Å². The van der Waals surface area contributed by atoms with Gasteiger partial charge in [-0.05, 0) is 89.1 Å². The third-order valence-corrected chi connectivity index (χ3v) is 14.7. The molecule has 0 radical (unpaired) electrons. The van der Waals surface area contributed by atoms with Crippen LogP contribution in [0.1, 0.15) is 94.8 Å². The van der Waals surface area contributed by atoms with E-state index in [4.69, 9.17) is 21.0 Å². The van der Waals surface area contributed by atoms with E-state index >= 15 is 8.78 Å². The first-order valence-electron chi connectivity index (χ1n) is 22.7. The number of fused-ring (bicyclic) bond motifs is 6. The summed E-state index contributed by atoms with van der Waals surface area (Å²) in [5.41, 5.74) is 5.91. The Morgan fingerprint density at radius 1 is 0.846 bits per heavy atom. The number of benzene rings is 3. The lowest BCUT2D eigenvalue weighted by molar-refractivity contribution is -0.149. The zero-order valence-corrected chi connectivity index (χ0v) is 37.6. The molecule has 3 aromatic carbocycles. The van der Waals surface area contributed by atoms with Crippen LogP contribution in [0.3, 0.4) is 0 Å². The third-order valence-electron chi connectivity index (χ3n) is 14.7. The summed E-state index contributed by atoms with van der Waals surface area (Å²) in [5.74, 6) is -5.01. The minimum Gasteiger partial charge on any atom is -0.469 e. The van der Waals surface area contributed by atoms with Gasteiger partial charge in [0.05, 0.1) is 81.5 Å². The van der Waals surface area contributed by atoms with Crippen LogP contribution in [-0.4, -0.2) is 88.1 Å². The first-order chi connectivity index (χ1) is 31.1. The Labute approximate surface area is 377 Å². The molecule has 65 heavy (non-hydrogen) atoms. The number of amides is 2. The molecule has 0 spiro atoms. The van der Waals surface area contributed by atoms with Gasteiger partial charge in [-0.2, -0.15) is 8.78 Å². The molecule has 7 atom stereocenters. The van der Waals surface area contributed by atoms with Crippen LogP contribution in [0, 0.1) is 36.2 Å². The number of nitrogens with one attached hydrogen (secondary N) is 1. The molecule has 2 saturated heterocycles. The lowest BCUT2D eigenvalue weighted by Crippen LogP contribution is -2.52. The number of H-pyrrole nitrogens is 1. The van der Waals surface area contributed by atoms with E-state index in [1.54, 1.807) is 35.4 Å². The van der Waals surface area contributed by atoms with Crippen LogP contribution in [0.25, 0.3) is 38.4 Å². The van der Waals surface area contributed by atoms with Crippen molar-refractivity contribution in [1.82, 2.24) is 19.8 Å². The fourth-order valence-electron chi connectivity index (χ4n) is 11.1. The minimum atomic E-state index is -3.30. The van der Waals surface area contributed by atoms with Crippen LogP contribution in [-0.2, 0) is 41.0 Å². The van der Waals surface area contributed by atoms with Gasteiger partial charge in [-0.1, -0.05) is 58.0 Å². The topological polar surface area (TPSA) is 139 Å². The zero-order valence-electron chi connectivity index (χ0n) is 37.6. The maximum absolute atomic E-state index is 16.7. The highest BCUT2D eigenvalue weighted by Crippen LogP contribution is 2.53. The van der Waals surface area contributed by atoms with Crippen LogP contribution < -0.4 is 0 Å². The van der Waals surface area contributed by atoms with Crippen molar-refractivity contribution < 1.29 is 37.4 Å². The number of imidazole rings is 1. The summed E-state index contributed by atoms with van der Waals surface area (Å²) in [5, 5.41) is 0. The Bertz CT molecular complexity index is 2670. The molecule has 2 amide bonds. The number of aromatic amines is 1. The van der Waals surface area contributed by atoms with Gasteiger partial charge < -0.3 is 29.1 Å². The first-order valence-corrected chi connectivity index (χ1v) is 22.7. The highest BCUT2D eigenvalue weighted by molar-refractivity contribution is 6.01. The maximum atomic E-state index is 16.7. The fourth-order valence-corrected chi connectivity index (χ4v) is 11.1. The second kappa shape index (κ2) is 17.0. The van der Waals surface area contributed by atoms with Gasteiger partial charge in [-0.15, -0.1) is 0 Å². The standard InChI is InChI=1S/C51H54F2N6O6/c1-26(2)37(22-45(60)64-6)49(62)58-25-33(54-5)21-44(58)48-55-24-43(57-48)30-10-14-36-35-13-9-29(18-39(35)51(52,53)40(36)19-30)28-11-15-41-32(16-28)20-42(56-41)47-31-8-12-34(17-31)59(47)50(63)38(27(3)4)23-46(61)65-7/h9-11,13-16,18-19,24,26-27,31,33-34,37-38,44,47H,8,12,17,20-23,25H2,1-4,6-7H3,(H,55,57)/t31-,33-,34+,37+,38-,44-,47-/m0/s1. The smallest absolute Gasteiger partial charge is 0.306 e. The molecule has 5 aliphatic rings. The molecule has 338 valence electrons. The molecule has 2 aliphatic carbocycles. The number of methoxy groups -OCH3 is 2. The number of esters is 2. The normalized spacial score (nSPS) is 23.2. The van der Waals surface area contributed by atoms with Gasteiger partial charge in [-0.25, -0.2) is 11.6 Å². The Kier molecular flexibility index (Phi) is 11.5. The molecule has 0 unspecified atom stereocenters. The third kappa shape index (κ3) is 7.70. The number of nitrogens with zero attached hydrogens (tertiary/aromatic N) is 5. The van der Waals surface area contributed by atoms with E-state index in [0.717, 1.165) is 41.8 Å². The molecule has 1 aromatic heterocycles. The summed E-state index contributed by atoms with van der Waals surface area (Å²) in [6, 6.07) is 15.0. The van der Waals surface area contributed by atoms with Crippen molar-refractivity contribution in [3.05, 3.63) is 94.7 Å². The van der Waals surface area contributed by atoms with E-state index in [1.165, 1.54) is 20.3 Å². The number of aliphatic imine (C=N–C) groups is 1. The average Bonchev–Trinajstić information content (AvgIpc) is 4.17. The molecule has 1 saturated carbocycles. The SMILES string of the molecule is [C-]#[N+][C@H]1C[C@@H](c2ncc(-c3ccc4c(c3)C(F)(F)c3cc(-c5ccc6c(c5)CC([C@@H]5[C@H]7CC[C@H](C7)N5C(=O)[C@@H](CC(=O)OC)C(C)C)=N6)ccc3-4)[nH]2)N(C(=O)[C@H](CC(=O)OC)C(C)C)C1. The van der Waals surface area contributed by atoms with Crippen molar-refractivity contribution in [2.45, 2.75) is 103 Å². The van der Waals surface area contributed by atoms with Gasteiger partial charge in [-0.3, -0.25) is 24.2 Å². The molecule has 3 aliphatic heterocycles. The van der Waals surface area contributed by atoms with Gasteiger partial charge in [0.25, 0.3) is 5.92 Å². The van der Waals surface area contributed by atoms with E-state index in [0.29, 0.717) is 52.5 Å². The highest BCUT2D eigenvalue weighted by atomic mass is 19.3. The lowest BCUT2D eigenvalue weighted by atomic mass is 9.87. The number of likely N-dealkylation sites (tertiary alicyclic amines) is 2. The van der Waals surface area contributed by atoms with Crippen LogP contribution in [0.4, 0.5) is 14.5 Å². The van der Waals surface area contributed by atoms with Crippen molar-refractivity contribution in [2.24, 2.45) is 34.6 Å². The lowest BCUT2D eigenvalue weighted by Gasteiger charge is -2.38.